The fourth-order valence-electron chi connectivity index (χ4n) is 2.29. The zero-order valence-electron chi connectivity index (χ0n) is 6.66. The predicted octanol–water partition coefficient (Wildman–Crippen LogP) is 1.75. The van der Waals surface area contributed by atoms with Gasteiger partial charge in [0.1, 0.15) is 0 Å². The van der Waals surface area contributed by atoms with E-state index < -0.39 is 0 Å². The number of aliphatic hydroxyl groups excluding tert-OH is 1. The molecule has 3 rings (SSSR count). The van der Waals surface area contributed by atoms with Crippen LogP contribution in [0.15, 0.2) is 24.3 Å². The fourth-order valence-corrected chi connectivity index (χ4v) is 2.29. The zero-order chi connectivity index (χ0) is 7.84. The van der Waals surface area contributed by atoms with Crippen molar-refractivity contribution in [1.82, 2.24) is 0 Å². The smallest absolute Gasteiger partial charge is 0.0502 e. The van der Waals surface area contributed by atoms with E-state index in [1.807, 2.05) is 0 Å². The van der Waals surface area contributed by atoms with Crippen molar-refractivity contribution in [3.8, 4) is 0 Å². The van der Waals surface area contributed by atoms with Gasteiger partial charge < -0.3 is 5.11 Å². The van der Waals surface area contributed by atoms with Crippen molar-refractivity contribution in [2.75, 3.05) is 6.61 Å². The molecule has 3 aliphatic carbocycles. The van der Waals surface area contributed by atoms with Crippen molar-refractivity contribution in [2.45, 2.75) is 12.8 Å². The molecule has 0 radical (unpaired) electrons. The Morgan fingerprint density at radius 1 is 1.45 bits per heavy atom. The van der Waals surface area contributed by atoms with Crippen molar-refractivity contribution >= 4 is 0 Å². The lowest BCUT2D eigenvalue weighted by atomic mass is 9.67. The molecule has 60 valence electrons. The Labute approximate surface area is 67.4 Å². The molecule has 3 unspecified atom stereocenters. The molecule has 11 heavy (non-hydrogen) atoms. The Hall–Kier alpha value is -0.560. The van der Waals surface area contributed by atoms with Crippen LogP contribution >= 0.6 is 0 Å². The van der Waals surface area contributed by atoms with E-state index in [-0.39, 0.29) is 6.61 Å². The van der Waals surface area contributed by atoms with Gasteiger partial charge in [-0.25, -0.2) is 0 Å². The predicted molar refractivity (Wildman–Crippen MR) is 45.1 cm³/mol. The van der Waals surface area contributed by atoms with Gasteiger partial charge in [-0.1, -0.05) is 24.3 Å². The maximum Gasteiger partial charge on any atom is 0.0502 e. The summed E-state index contributed by atoms with van der Waals surface area (Å²) in [4.78, 5) is 0. The standard InChI is InChI=1S/C10H14O/c1-7-8-2-4-9(5-3-8)10(7)6-11/h2,4,8-11H,1,3,5-6H2. The summed E-state index contributed by atoms with van der Waals surface area (Å²) in [5.41, 5.74) is 1.26. The second-order valence-electron chi connectivity index (χ2n) is 3.60. The van der Waals surface area contributed by atoms with Crippen LogP contribution in [0, 0.1) is 17.8 Å². The first-order chi connectivity index (χ1) is 5.33. The molecule has 0 aliphatic heterocycles. The Morgan fingerprint density at radius 2 is 2.27 bits per heavy atom. The summed E-state index contributed by atoms with van der Waals surface area (Å²) >= 11 is 0. The van der Waals surface area contributed by atoms with Gasteiger partial charge in [0.05, 0.1) is 6.61 Å². The average molecular weight is 150 g/mol. The molecule has 1 heteroatoms. The lowest BCUT2D eigenvalue weighted by Crippen LogP contribution is -2.31. The third kappa shape index (κ3) is 0.951. The molecule has 0 spiro atoms. The maximum absolute atomic E-state index is 9.09. The number of hydrogen-bond acceptors (Lipinski definition) is 1. The molecular formula is C10H14O. The van der Waals surface area contributed by atoms with E-state index in [0.29, 0.717) is 17.8 Å². The van der Waals surface area contributed by atoms with Crippen molar-refractivity contribution in [3.05, 3.63) is 24.3 Å². The van der Waals surface area contributed by atoms with E-state index in [9.17, 15) is 0 Å². The van der Waals surface area contributed by atoms with Crippen LogP contribution in [0.1, 0.15) is 12.8 Å². The Balaban J connectivity index is 2.26. The number of allylic oxidation sites excluding steroid dienone is 2. The molecule has 1 saturated carbocycles. The molecule has 0 aromatic heterocycles. The van der Waals surface area contributed by atoms with Crippen LogP contribution in [0.3, 0.4) is 0 Å². The van der Waals surface area contributed by atoms with Gasteiger partial charge in [0.2, 0.25) is 0 Å². The van der Waals surface area contributed by atoms with Crippen molar-refractivity contribution in [3.63, 3.8) is 0 Å². The van der Waals surface area contributed by atoms with E-state index in [4.69, 9.17) is 5.11 Å². The van der Waals surface area contributed by atoms with Crippen LogP contribution in [-0.2, 0) is 0 Å². The van der Waals surface area contributed by atoms with Crippen molar-refractivity contribution in [2.24, 2.45) is 17.8 Å². The highest BCUT2D eigenvalue weighted by atomic mass is 16.3. The normalized spacial score (nSPS) is 41.5. The number of rotatable bonds is 1. The zero-order valence-corrected chi connectivity index (χ0v) is 6.66. The molecule has 2 bridgehead atoms. The molecule has 1 N–H and O–H groups in total. The summed E-state index contributed by atoms with van der Waals surface area (Å²) in [6.45, 7) is 4.32. The van der Waals surface area contributed by atoms with Crippen molar-refractivity contribution < 1.29 is 5.11 Å². The summed E-state index contributed by atoms with van der Waals surface area (Å²) in [7, 11) is 0. The highest BCUT2D eigenvalue weighted by molar-refractivity contribution is 5.24. The van der Waals surface area contributed by atoms with Gasteiger partial charge in [-0.2, -0.15) is 0 Å². The molecule has 0 amide bonds. The van der Waals surface area contributed by atoms with Gasteiger partial charge in [-0.05, 0) is 24.7 Å². The first kappa shape index (κ1) is 7.11. The third-order valence-electron chi connectivity index (χ3n) is 3.07. The van der Waals surface area contributed by atoms with E-state index in [0.717, 1.165) is 0 Å². The topological polar surface area (TPSA) is 20.2 Å². The summed E-state index contributed by atoms with van der Waals surface area (Å²) < 4.78 is 0. The largest absolute Gasteiger partial charge is 0.396 e. The van der Waals surface area contributed by atoms with Gasteiger partial charge in [0.25, 0.3) is 0 Å². The van der Waals surface area contributed by atoms with Gasteiger partial charge >= 0.3 is 0 Å². The van der Waals surface area contributed by atoms with E-state index in [1.54, 1.807) is 0 Å². The molecule has 1 nitrogen and oxygen atoms in total. The number of hydrogen-bond donors (Lipinski definition) is 1. The quantitative estimate of drug-likeness (QED) is 0.564. The van der Waals surface area contributed by atoms with E-state index >= 15 is 0 Å². The SMILES string of the molecule is C=C1C2C=CC(CC2)C1CO. The number of aliphatic hydroxyl groups is 1. The third-order valence-corrected chi connectivity index (χ3v) is 3.07. The molecule has 0 saturated heterocycles. The molecule has 1 fully saturated rings. The minimum Gasteiger partial charge on any atom is -0.396 e. The van der Waals surface area contributed by atoms with Crippen LogP contribution in [0.2, 0.25) is 0 Å². The van der Waals surface area contributed by atoms with Gasteiger partial charge in [-0.15, -0.1) is 0 Å². The Morgan fingerprint density at radius 3 is 2.64 bits per heavy atom. The Kier molecular flexibility index (Phi) is 1.61. The van der Waals surface area contributed by atoms with E-state index in [1.165, 1.54) is 18.4 Å². The van der Waals surface area contributed by atoms with Crippen molar-refractivity contribution in [1.29, 1.82) is 0 Å². The second-order valence-corrected chi connectivity index (χ2v) is 3.60. The molecule has 3 aliphatic rings. The van der Waals surface area contributed by atoms with E-state index in [2.05, 4.69) is 18.7 Å². The summed E-state index contributed by atoms with van der Waals surface area (Å²) in [6, 6.07) is 0. The minimum absolute atomic E-state index is 0.282. The molecule has 0 heterocycles. The van der Waals surface area contributed by atoms with Crippen LogP contribution in [0.4, 0.5) is 0 Å². The first-order valence-electron chi connectivity index (χ1n) is 4.31. The second kappa shape index (κ2) is 2.49. The number of fused-ring (bicyclic) bond motifs is 2. The minimum atomic E-state index is 0.282. The molecule has 3 atom stereocenters. The highest BCUT2D eigenvalue weighted by Gasteiger charge is 2.34. The van der Waals surface area contributed by atoms with Crippen LogP contribution in [0.25, 0.3) is 0 Å². The van der Waals surface area contributed by atoms with Gasteiger partial charge in [0.15, 0.2) is 0 Å². The molecule has 0 aromatic rings. The lowest BCUT2D eigenvalue weighted by Gasteiger charge is -2.39. The summed E-state index contributed by atoms with van der Waals surface area (Å²) in [5.74, 6) is 1.51. The molecule has 0 aromatic carbocycles. The monoisotopic (exact) mass is 150 g/mol. The van der Waals surface area contributed by atoms with Crippen LogP contribution < -0.4 is 0 Å². The summed E-state index contributed by atoms with van der Waals surface area (Å²) in [6.07, 6.45) is 6.99. The Bertz CT molecular complexity index is 205. The lowest BCUT2D eigenvalue weighted by molar-refractivity contribution is 0.178. The fraction of sp³-hybridized carbons (Fsp3) is 0.600. The summed E-state index contributed by atoms with van der Waals surface area (Å²) in [5, 5.41) is 9.09. The maximum atomic E-state index is 9.09. The van der Waals surface area contributed by atoms with Crippen LogP contribution in [-0.4, -0.2) is 11.7 Å². The first-order valence-corrected chi connectivity index (χ1v) is 4.31. The highest BCUT2D eigenvalue weighted by Crippen LogP contribution is 2.42. The average Bonchev–Trinajstić information content (AvgIpc) is 2.06. The van der Waals surface area contributed by atoms with Gasteiger partial charge in [-0.3, -0.25) is 0 Å². The van der Waals surface area contributed by atoms with Gasteiger partial charge in [0, 0.05) is 5.92 Å². The van der Waals surface area contributed by atoms with Crippen LogP contribution in [0.5, 0.6) is 0 Å². The molecular weight excluding hydrogens is 136 g/mol.